The van der Waals surface area contributed by atoms with Gasteiger partial charge in [0.05, 0.1) is 0 Å². The van der Waals surface area contributed by atoms with Gasteiger partial charge >= 0.3 is 0 Å². The molecule has 5 nitrogen and oxygen atoms in total. The molecule has 5 heteroatoms. The van der Waals surface area contributed by atoms with Crippen molar-refractivity contribution >= 4 is 5.95 Å². The first-order valence-electron chi connectivity index (χ1n) is 3.74. The van der Waals surface area contributed by atoms with E-state index in [4.69, 9.17) is 5.73 Å². The SMILES string of the molecule is Nc1nnc(-c2ccccc2)nn1. The summed E-state index contributed by atoms with van der Waals surface area (Å²) in [6, 6.07) is 9.48. The van der Waals surface area contributed by atoms with Crippen LogP contribution in [0.15, 0.2) is 30.3 Å². The number of nitrogens with zero attached hydrogens (tertiary/aromatic N) is 4. The van der Waals surface area contributed by atoms with Gasteiger partial charge in [-0.2, -0.15) is 0 Å². The molecular formula is C8H7N5. The van der Waals surface area contributed by atoms with Crippen molar-refractivity contribution < 1.29 is 0 Å². The standard InChI is InChI=1S/C8H7N5/c9-8-12-10-7(11-13-8)6-4-2-1-3-5-6/h1-5H,(H2,9,12,13). The van der Waals surface area contributed by atoms with Crippen LogP contribution < -0.4 is 5.73 Å². The summed E-state index contributed by atoms with van der Waals surface area (Å²) in [7, 11) is 0. The maximum Gasteiger partial charge on any atom is 0.259 e. The summed E-state index contributed by atoms with van der Waals surface area (Å²) >= 11 is 0. The number of hydrogen-bond acceptors (Lipinski definition) is 5. The summed E-state index contributed by atoms with van der Waals surface area (Å²) in [6.45, 7) is 0. The molecule has 0 aliphatic carbocycles. The van der Waals surface area contributed by atoms with Gasteiger partial charge in [0.15, 0.2) is 0 Å². The Labute approximate surface area is 74.6 Å². The van der Waals surface area contributed by atoms with Gasteiger partial charge < -0.3 is 5.73 Å². The van der Waals surface area contributed by atoms with Crippen molar-refractivity contribution in [2.75, 3.05) is 5.73 Å². The Morgan fingerprint density at radius 3 is 2.08 bits per heavy atom. The van der Waals surface area contributed by atoms with Crippen molar-refractivity contribution in [2.45, 2.75) is 0 Å². The van der Waals surface area contributed by atoms with E-state index in [0.717, 1.165) is 5.56 Å². The summed E-state index contributed by atoms with van der Waals surface area (Å²) in [6.07, 6.45) is 0. The minimum atomic E-state index is 0.0830. The zero-order valence-corrected chi connectivity index (χ0v) is 6.75. The largest absolute Gasteiger partial charge is 0.365 e. The first-order chi connectivity index (χ1) is 6.36. The summed E-state index contributed by atoms with van der Waals surface area (Å²) in [4.78, 5) is 0. The highest BCUT2D eigenvalue weighted by molar-refractivity contribution is 5.53. The lowest BCUT2D eigenvalue weighted by Crippen LogP contribution is -2.01. The second-order valence-corrected chi connectivity index (χ2v) is 2.45. The van der Waals surface area contributed by atoms with E-state index in [-0.39, 0.29) is 5.95 Å². The molecule has 2 N–H and O–H groups in total. The van der Waals surface area contributed by atoms with Crippen LogP contribution in [0.2, 0.25) is 0 Å². The third kappa shape index (κ3) is 1.58. The molecule has 0 radical (unpaired) electrons. The summed E-state index contributed by atoms with van der Waals surface area (Å²) in [5, 5.41) is 14.8. The highest BCUT2D eigenvalue weighted by Gasteiger charge is 2.00. The second kappa shape index (κ2) is 3.14. The van der Waals surface area contributed by atoms with Crippen LogP contribution in [0, 0.1) is 0 Å². The molecule has 0 aliphatic heterocycles. The van der Waals surface area contributed by atoms with Crippen LogP contribution >= 0.6 is 0 Å². The lowest BCUT2D eigenvalue weighted by molar-refractivity contribution is 0.881. The number of aromatic nitrogens is 4. The van der Waals surface area contributed by atoms with Gasteiger partial charge in [0.2, 0.25) is 5.82 Å². The predicted molar refractivity (Wildman–Crippen MR) is 47.5 cm³/mol. The van der Waals surface area contributed by atoms with Gasteiger partial charge in [0.1, 0.15) is 0 Å². The third-order valence-electron chi connectivity index (χ3n) is 1.53. The maximum absolute atomic E-state index is 5.26. The quantitative estimate of drug-likeness (QED) is 0.680. The Balaban J connectivity index is 2.42. The zero-order chi connectivity index (χ0) is 9.10. The predicted octanol–water partition coefficient (Wildman–Crippen LogP) is 0.516. The molecule has 0 amide bonds. The highest BCUT2D eigenvalue weighted by Crippen LogP contribution is 2.10. The summed E-state index contributed by atoms with van der Waals surface area (Å²) in [5.74, 6) is 0.564. The average Bonchev–Trinajstić information content (AvgIpc) is 2.20. The van der Waals surface area contributed by atoms with Gasteiger partial charge in [-0.25, -0.2) is 0 Å². The molecule has 1 aromatic carbocycles. The maximum atomic E-state index is 5.26. The molecule has 0 fully saturated rings. The lowest BCUT2D eigenvalue weighted by atomic mass is 10.2. The average molecular weight is 173 g/mol. The van der Waals surface area contributed by atoms with E-state index >= 15 is 0 Å². The smallest absolute Gasteiger partial charge is 0.259 e. The number of nitrogen functional groups attached to an aromatic ring is 1. The number of rotatable bonds is 1. The third-order valence-corrected chi connectivity index (χ3v) is 1.53. The minimum Gasteiger partial charge on any atom is -0.365 e. The van der Waals surface area contributed by atoms with Crippen LogP contribution in [0.5, 0.6) is 0 Å². The molecule has 0 atom stereocenters. The van der Waals surface area contributed by atoms with Crippen LogP contribution in [0.25, 0.3) is 11.4 Å². The number of anilines is 1. The molecule has 1 heterocycles. The van der Waals surface area contributed by atoms with Crippen molar-refractivity contribution in [2.24, 2.45) is 0 Å². The van der Waals surface area contributed by atoms with Gasteiger partial charge in [-0.05, 0) is 0 Å². The molecule has 13 heavy (non-hydrogen) atoms. The molecule has 0 saturated heterocycles. The normalized spacial score (nSPS) is 9.85. The van der Waals surface area contributed by atoms with Crippen molar-refractivity contribution in [3.8, 4) is 11.4 Å². The van der Waals surface area contributed by atoms with Crippen LogP contribution in [0.3, 0.4) is 0 Å². The van der Waals surface area contributed by atoms with Gasteiger partial charge in [0, 0.05) is 5.56 Å². The van der Waals surface area contributed by atoms with Gasteiger partial charge in [-0.15, -0.1) is 20.4 Å². The first-order valence-corrected chi connectivity index (χ1v) is 3.74. The summed E-state index contributed by atoms with van der Waals surface area (Å²) < 4.78 is 0. The van der Waals surface area contributed by atoms with E-state index < -0.39 is 0 Å². The molecule has 0 unspecified atom stereocenters. The van der Waals surface area contributed by atoms with E-state index in [1.54, 1.807) is 0 Å². The molecule has 2 rings (SSSR count). The highest BCUT2D eigenvalue weighted by atomic mass is 15.3. The molecule has 0 spiro atoms. The van der Waals surface area contributed by atoms with E-state index in [2.05, 4.69) is 20.4 Å². The van der Waals surface area contributed by atoms with E-state index in [1.807, 2.05) is 30.3 Å². The fourth-order valence-corrected chi connectivity index (χ4v) is 0.940. The van der Waals surface area contributed by atoms with Crippen LogP contribution in [-0.4, -0.2) is 20.4 Å². The van der Waals surface area contributed by atoms with E-state index in [0.29, 0.717) is 5.82 Å². The van der Waals surface area contributed by atoms with Gasteiger partial charge in [-0.1, -0.05) is 30.3 Å². The molecule has 0 aliphatic rings. The first kappa shape index (κ1) is 7.60. The Hall–Kier alpha value is -2.04. The molecular weight excluding hydrogens is 166 g/mol. The fourth-order valence-electron chi connectivity index (χ4n) is 0.940. The zero-order valence-electron chi connectivity index (χ0n) is 6.75. The Bertz CT molecular complexity index is 383. The minimum absolute atomic E-state index is 0.0830. The lowest BCUT2D eigenvalue weighted by Gasteiger charge is -1.95. The molecule has 64 valence electrons. The van der Waals surface area contributed by atoms with E-state index in [1.165, 1.54) is 0 Å². The van der Waals surface area contributed by atoms with Gasteiger partial charge in [-0.3, -0.25) is 0 Å². The fraction of sp³-hybridized carbons (Fsp3) is 0. The molecule has 0 saturated carbocycles. The van der Waals surface area contributed by atoms with Gasteiger partial charge in [0.25, 0.3) is 5.95 Å². The summed E-state index contributed by atoms with van der Waals surface area (Å²) in [5.41, 5.74) is 6.13. The van der Waals surface area contributed by atoms with Crippen LogP contribution in [0.4, 0.5) is 5.95 Å². The van der Waals surface area contributed by atoms with Crippen molar-refractivity contribution in [3.05, 3.63) is 30.3 Å². The van der Waals surface area contributed by atoms with Crippen molar-refractivity contribution in [1.82, 2.24) is 20.4 Å². The number of nitrogens with two attached hydrogens (primary N) is 1. The van der Waals surface area contributed by atoms with Crippen molar-refractivity contribution in [1.29, 1.82) is 0 Å². The van der Waals surface area contributed by atoms with Crippen LogP contribution in [0.1, 0.15) is 0 Å². The topological polar surface area (TPSA) is 77.6 Å². The number of hydrogen-bond donors (Lipinski definition) is 1. The second-order valence-electron chi connectivity index (χ2n) is 2.45. The van der Waals surface area contributed by atoms with Crippen LogP contribution in [-0.2, 0) is 0 Å². The molecule has 1 aromatic heterocycles. The number of benzene rings is 1. The van der Waals surface area contributed by atoms with E-state index in [9.17, 15) is 0 Å². The van der Waals surface area contributed by atoms with Crippen molar-refractivity contribution in [3.63, 3.8) is 0 Å². The Morgan fingerprint density at radius 1 is 0.846 bits per heavy atom. The monoisotopic (exact) mass is 173 g/mol. The molecule has 0 bridgehead atoms. The Kier molecular flexibility index (Phi) is 1.84. The molecule has 2 aromatic rings. The Morgan fingerprint density at radius 2 is 1.46 bits per heavy atom.